The summed E-state index contributed by atoms with van der Waals surface area (Å²) in [5.41, 5.74) is 14.0. The molecule has 0 bridgehead atoms. The molecular weight excluding hydrogens is 216 g/mol. The molecule has 0 aromatic heterocycles. The monoisotopic (exact) mass is 234 g/mol. The Bertz CT molecular complexity index is 439. The van der Waals surface area contributed by atoms with Crippen molar-refractivity contribution in [2.45, 2.75) is 20.3 Å². The molecule has 4 N–H and O–H groups in total. The van der Waals surface area contributed by atoms with E-state index in [1.54, 1.807) is 31.2 Å². The minimum absolute atomic E-state index is 0.308. The Balaban J connectivity index is 3.05. The summed E-state index contributed by atoms with van der Waals surface area (Å²) in [5.74, 6) is -0.308. The van der Waals surface area contributed by atoms with E-state index in [0.29, 0.717) is 30.0 Å². The number of rotatable bonds is 4. The molecule has 0 radical (unpaired) electrons. The summed E-state index contributed by atoms with van der Waals surface area (Å²) in [6, 6.07) is 5.19. The van der Waals surface area contributed by atoms with Gasteiger partial charge in [0.15, 0.2) is 0 Å². The lowest BCUT2D eigenvalue weighted by Gasteiger charge is -2.06. The molecule has 0 fully saturated rings. The zero-order valence-electron chi connectivity index (χ0n) is 10.2. The van der Waals surface area contributed by atoms with Crippen LogP contribution in [0.3, 0.4) is 0 Å². The van der Waals surface area contributed by atoms with E-state index in [1.807, 2.05) is 6.92 Å². The van der Waals surface area contributed by atoms with Crippen molar-refractivity contribution >= 4 is 23.4 Å². The number of carbonyl (C=O) groups is 1. The van der Waals surface area contributed by atoms with Gasteiger partial charge < -0.3 is 16.2 Å². The van der Waals surface area contributed by atoms with Crippen LogP contribution in [0, 0.1) is 0 Å². The van der Waals surface area contributed by atoms with Gasteiger partial charge in [-0.2, -0.15) is 0 Å². The molecule has 0 saturated carbocycles. The van der Waals surface area contributed by atoms with Crippen molar-refractivity contribution in [1.82, 2.24) is 0 Å². The molecule has 0 spiro atoms. The molecule has 0 atom stereocenters. The van der Waals surface area contributed by atoms with Crippen molar-refractivity contribution in [2.75, 3.05) is 18.1 Å². The summed E-state index contributed by atoms with van der Waals surface area (Å²) in [5, 5.41) is 0. The highest BCUT2D eigenvalue weighted by atomic mass is 16.5. The zero-order chi connectivity index (χ0) is 12.8. The number of esters is 1. The summed E-state index contributed by atoms with van der Waals surface area (Å²) >= 11 is 0. The minimum atomic E-state index is -0.308. The molecule has 0 amide bonds. The SMILES string of the molecule is CCOC(=O)/C(=C/c1cc(N)ccc1N)CC. The van der Waals surface area contributed by atoms with Gasteiger partial charge >= 0.3 is 5.97 Å². The fraction of sp³-hybridized carbons (Fsp3) is 0.308. The maximum absolute atomic E-state index is 11.6. The molecule has 92 valence electrons. The first kappa shape index (κ1) is 13.1. The molecule has 17 heavy (non-hydrogen) atoms. The number of nitrogens with two attached hydrogens (primary N) is 2. The van der Waals surface area contributed by atoms with Crippen LogP contribution < -0.4 is 11.5 Å². The molecule has 4 nitrogen and oxygen atoms in total. The zero-order valence-corrected chi connectivity index (χ0v) is 10.2. The molecule has 4 heteroatoms. The maximum Gasteiger partial charge on any atom is 0.333 e. The van der Waals surface area contributed by atoms with Crippen LogP contribution in [-0.4, -0.2) is 12.6 Å². The van der Waals surface area contributed by atoms with Gasteiger partial charge in [0.1, 0.15) is 0 Å². The normalized spacial score (nSPS) is 11.3. The maximum atomic E-state index is 11.6. The number of anilines is 2. The minimum Gasteiger partial charge on any atom is -0.463 e. The van der Waals surface area contributed by atoms with Crippen LogP contribution >= 0.6 is 0 Å². The highest BCUT2D eigenvalue weighted by Gasteiger charge is 2.09. The van der Waals surface area contributed by atoms with E-state index in [2.05, 4.69) is 0 Å². The van der Waals surface area contributed by atoms with E-state index in [-0.39, 0.29) is 5.97 Å². The van der Waals surface area contributed by atoms with E-state index in [9.17, 15) is 4.79 Å². The van der Waals surface area contributed by atoms with E-state index in [4.69, 9.17) is 16.2 Å². The van der Waals surface area contributed by atoms with Gasteiger partial charge in [-0.25, -0.2) is 4.79 Å². The summed E-state index contributed by atoms with van der Waals surface area (Å²) < 4.78 is 4.96. The summed E-state index contributed by atoms with van der Waals surface area (Å²) in [4.78, 5) is 11.6. The van der Waals surface area contributed by atoms with Crippen LogP contribution in [0.15, 0.2) is 23.8 Å². The Morgan fingerprint density at radius 3 is 2.65 bits per heavy atom. The molecule has 0 aliphatic carbocycles. The first-order valence-corrected chi connectivity index (χ1v) is 5.61. The van der Waals surface area contributed by atoms with Crippen LogP contribution in [0.4, 0.5) is 11.4 Å². The van der Waals surface area contributed by atoms with E-state index >= 15 is 0 Å². The van der Waals surface area contributed by atoms with Gasteiger partial charge in [-0.3, -0.25) is 0 Å². The Kier molecular flexibility index (Phi) is 4.57. The lowest BCUT2D eigenvalue weighted by molar-refractivity contribution is -0.138. The molecule has 0 aliphatic heterocycles. The number of benzene rings is 1. The molecule has 1 rings (SSSR count). The summed E-state index contributed by atoms with van der Waals surface area (Å²) in [6.45, 7) is 4.04. The second-order valence-corrected chi connectivity index (χ2v) is 3.63. The predicted molar refractivity (Wildman–Crippen MR) is 70.2 cm³/mol. The van der Waals surface area contributed by atoms with Crippen molar-refractivity contribution < 1.29 is 9.53 Å². The molecular formula is C13H18N2O2. The van der Waals surface area contributed by atoms with Crippen molar-refractivity contribution in [3.63, 3.8) is 0 Å². The van der Waals surface area contributed by atoms with Crippen molar-refractivity contribution in [3.05, 3.63) is 29.3 Å². The average molecular weight is 234 g/mol. The summed E-state index contributed by atoms with van der Waals surface area (Å²) in [7, 11) is 0. The molecule has 1 aromatic carbocycles. The largest absolute Gasteiger partial charge is 0.463 e. The van der Waals surface area contributed by atoms with E-state index in [0.717, 1.165) is 5.56 Å². The fourth-order valence-corrected chi connectivity index (χ4v) is 1.44. The first-order chi connectivity index (χ1) is 8.08. The van der Waals surface area contributed by atoms with Gasteiger partial charge in [-0.05, 0) is 43.2 Å². The van der Waals surface area contributed by atoms with Crippen LogP contribution in [0.1, 0.15) is 25.8 Å². The van der Waals surface area contributed by atoms with Crippen molar-refractivity contribution in [1.29, 1.82) is 0 Å². The van der Waals surface area contributed by atoms with Gasteiger partial charge in [0.25, 0.3) is 0 Å². The predicted octanol–water partition coefficient (Wildman–Crippen LogP) is 2.21. The van der Waals surface area contributed by atoms with Gasteiger partial charge in [0, 0.05) is 16.9 Å². The molecule has 0 aliphatic rings. The fourth-order valence-electron chi connectivity index (χ4n) is 1.44. The molecule has 0 unspecified atom stereocenters. The smallest absolute Gasteiger partial charge is 0.333 e. The molecule has 0 heterocycles. The van der Waals surface area contributed by atoms with Crippen LogP contribution in [0.25, 0.3) is 6.08 Å². The second-order valence-electron chi connectivity index (χ2n) is 3.63. The first-order valence-electron chi connectivity index (χ1n) is 5.61. The van der Waals surface area contributed by atoms with Gasteiger partial charge in [0.05, 0.1) is 6.61 Å². The highest BCUT2D eigenvalue weighted by molar-refractivity contribution is 5.94. The Hall–Kier alpha value is -1.97. The van der Waals surface area contributed by atoms with Crippen LogP contribution in [0.5, 0.6) is 0 Å². The van der Waals surface area contributed by atoms with E-state index < -0.39 is 0 Å². The van der Waals surface area contributed by atoms with Gasteiger partial charge in [0.2, 0.25) is 0 Å². The van der Waals surface area contributed by atoms with Crippen molar-refractivity contribution in [2.24, 2.45) is 0 Å². The standard InChI is InChI=1S/C13H18N2O2/c1-3-9(13(16)17-4-2)7-10-8-11(14)5-6-12(10)15/h5-8H,3-4,14-15H2,1-2H3/b9-7+. The lowest BCUT2D eigenvalue weighted by Crippen LogP contribution is -2.07. The number of nitrogen functional groups attached to an aromatic ring is 2. The number of hydrogen-bond donors (Lipinski definition) is 2. The number of ether oxygens (including phenoxy) is 1. The topological polar surface area (TPSA) is 78.3 Å². The Morgan fingerprint density at radius 2 is 2.06 bits per heavy atom. The van der Waals surface area contributed by atoms with Gasteiger partial charge in [-0.1, -0.05) is 6.92 Å². The summed E-state index contributed by atoms with van der Waals surface area (Å²) in [6.07, 6.45) is 2.32. The molecule has 1 aromatic rings. The quantitative estimate of drug-likeness (QED) is 0.475. The van der Waals surface area contributed by atoms with E-state index in [1.165, 1.54) is 0 Å². The third kappa shape index (κ3) is 3.52. The van der Waals surface area contributed by atoms with Gasteiger partial charge in [-0.15, -0.1) is 0 Å². The van der Waals surface area contributed by atoms with Crippen LogP contribution in [0.2, 0.25) is 0 Å². The second kappa shape index (κ2) is 5.94. The third-order valence-electron chi connectivity index (χ3n) is 2.36. The van der Waals surface area contributed by atoms with Crippen molar-refractivity contribution in [3.8, 4) is 0 Å². The Labute approximate surface area is 101 Å². The third-order valence-corrected chi connectivity index (χ3v) is 2.36. The van der Waals surface area contributed by atoms with Crippen LogP contribution in [-0.2, 0) is 9.53 Å². The Morgan fingerprint density at radius 1 is 1.35 bits per heavy atom. The number of carbonyl (C=O) groups excluding carboxylic acids is 1. The highest BCUT2D eigenvalue weighted by Crippen LogP contribution is 2.20. The number of hydrogen-bond acceptors (Lipinski definition) is 4. The molecule has 0 saturated heterocycles. The lowest BCUT2D eigenvalue weighted by atomic mass is 10.1. The average Bonchev–Trinajstić information content (AvgIpc) is 2.30.